The first-order valence-electron chi connectivity index (χ1n) is 3.82. The summed E-state index contributed by atoms with van der Waals surface area (Å²) in [5, 5.41) is 0. The van der Waals surface area contributed by atoms with Gasteiger partial charge in [0.15, 0.2) is 0 Å². The topological polar surface area (TPSA) is 18.5 Å². The van der Waals surface area contributed by atoms with Crippen LogP contribution in [0.1, 0.15) is 6.42 Å². The quantitative estimate of drug-likeness (QED) is 0.485. The van der Waals surface area contributed by atoms with E-state index in [1.165, 1.54) is 5.57 Å². The number of allylic oxidation sites excluding steroid dienone is 2. The fourth-order valence-corrected chi connectivity index (χ4v) is 1.87. The Kier molecular flexibility index (Phi) is 0.864. The summed E-state index contributed by atoms with van der Waals surface area (Å²) in [6, 6.07) is 0. The second-order valence-electron chi connectivity index (χ2n) is 3.15. The van der Waals surface area contributed by atoms with Gasteiger partial charge in [-0.1, -0.05) is 18.2 Å². The number of hydrogen-bond donors (Lipinski definition) is 0. The zero-order valence-corrected chi connectivity index (χ0v) is 5.99. The third-order valence-corrected chi connectivity index (χ3v) is 2.43. The van der Waals surface area contributed by atoms with Gasteiger partial charge in [0.25, 0.3) is 0 Å². The molecule has 0 aromatic rings. The van der Waals surface area contributed by atoms with Crippen LogP contribution in [0, 0.1) is 0 Å². The third-order valence-electron chi connectivity index (χ3n) is 2.43. The summed E-state index contributed by atoms with van der Waals surface area (Å²) in [6.07, 6.45) is 11.4. The number of rotatable bonds is 0. The molecule has 56 valence electrons. The fraction of sp³-hybridized carbons (Fsp3) is 0.333. The van der Waals surface area contributed by atoms with E-state index in [1.54, 1.807) is 0 Å². The Morgan fingerprint density at radius 2 is 2.45 bits per heavy atom. The molecule has 0 N–H and O–H groups in total. The van der Waals surface area contributed by atoms with Crippen molar-refractivity contribution < 1.29 is 9.78 Å². The van der Waals surface area contributed by atoms with E-state index in [9.17, 15) is 0 Å². The largest absolute Gasteiger partial charge is 0.228 e. The van der Waals surface area contributed by atoms with Crippen LogP contribution in [0.25, 0.3) is 0 Å². The van der Waals surface area contributed by atoms with Crippen molar-refractivity contribution in [3.8, 4) is 0 Å². The highest BCUT2D eigenvalue weighted by Crippen LogP contribution is 2.44. The molecule has 1 heterocycles. The van der Waals surface area contributed by atoms with E-state index in [2.05, 4.69) is 18.2 Å². The lowest BCUT2D eigenvalue weighted by atomic mass is 9.92. The highest BCUT2D eigenvalue weighted by Gasteiger charge is 2.48. The predicted octanol–water partition coefficient (Wildman–Crippen LogP) is 1.51. The lowest BCUT2D eigenvalue weighted by Crippen LogP contribution is -2.26. The van der Waals surface area contributed by atoms with Gasteiger partial charge in [0.1, 0.15) is 11.7 Å². The van der Waals surface area contributed by atoms with Crippen LogP contribution in [-0.4, -0.2) is 11.7 Å². The van der Waals surface area contributed by atoms with Gasteiger partial charge in [0, 0.05) is 6.42 Å². The molecule has 2 nitrogen and oxygen atoms in total. The molecule has 0 radical (unpaired) electrons. The molecule has 2 atom stereocenters. The normalized spacial score (nSPS) is 44.4. The summed E-state index contributed by atoms with van der Waals surface area (Å²) in [4.78, 5) is 10.3. The maximum atomic E-state index is 5.24. The Labute approximate surface area is 64.7 Å². The van der Waals surface area contributed by atoms with Crippen LogP contribution in [0.5, 0.6) is 0 Å². The van der Waals surface area contributed by atoms with Crippen molar-refractivity contribution >= 4 is 0 Å². The summed E-state index contributed by atoms with van der Waals surface area (Å²) in [5.41, 5.74) is 1.02. The van der Waals surface area contributed by atoms with Crippen LogP contribution in [-0.2, 0) is 9.78 Å². The van der Waals surface area contributed by atoms with Gasteiger partial charge in [-0.25, -0.2) is 9.78 Å². The highest BCUT2D eigenvalue weighted by molar-refractivity contribution is 5.46. The summed E-state index contributed by atoms with van der Waals surface area (Å²) in [6.45, 7) is 0. The van der Waals surface area contributed by atoms with Gasteiger partial charge in [-0.05, 0) is 17.7 Å². The summed E-state index contributed by atoms with van der Waals surface area (Å²) >= 11 is 0. The Bertz CT molecular complexity index is 288. The van der Waals surface area contributed by atoms with Gasteiger partial charge < -0.3 is 0 Å². The van der Waals surface area contributed by atoms with E-state index in [4.69, 9.17) is 9.78 Å². The van der Waals surface area contributed by atoms with Gasteiger partial charge >= 0.3 is 0 Å². The lowest BCUT2D eigenvalue weighted by Gasteiger charge is -2.23. The average Bonchev–Trinajstić information content (AvgIpc) is 2.57. The SMILES string of the molecule is C1=CC2=CC3CC2(C=C1)OO3. The second-order valence-corrected chi connectivity index (χ2v) is 3.15. The van der Waals surface area contributed by atoms with Crippen molar-refractivity contribution in [1.82, 2.24) is 0 Å². The minimum atomic E-state index is -0.223. The lowest BCUT2D eigenvalue weighted by molar-refractivity contribution is -0.306. The summed E-state index contributed by atoms with van der Waals surface area (Å²) in [5.74, 6) is 0. The van der Waals surface area contributed by atoms with Crippen molar-refractivity contribution in [2.75, 3.05) is 0 Å². The molecule has 3 aliphatic rings. The minimum absolute atomic E-state index is 0.178. The Morgan fingerprint density at radius 1 is 1.45 bits per heavy atom. The molecule has 1 aliphatic heterocycles. The van der Waals surface area contributed by atoms with Gasteiger partial charge in [-0.3, -0.25) is 0 Å². The molecule has 0 saturated carbocycles. The average molecular weight is 148 g/mol. The molecule has 0 amide bonds. The first-order chi connectivity index (χ1) is 5.39. The standard InChI is InChI=1S/C9H8O2/c1-2-4-9-6-8(10-11-9)5-7(9)3-1/h1-5,8H,6H2. The van der Waals surface area contributed by atoms with Crippen molar-refractivity contribution in [2.24, 2.45) is 0 Å². The predicted molar refractivity (Wildman–Crippen MR) is 39.7 cm³/mol. The second kappa shape index (κ2) is 1.65. The van der Waals surface area contributed by atoms with Gasteiger partial charge in [0.2, 0.25) is 0 Å². The molecule has 2 bridgehead atoms. The molecule has 2 aliphatic carbocycles. The van der Waals surface area contributed by atoms with Crippen molar-refractivity contribution in [3.63, 3.8) is 0 Å². The Balaban J connectivity index is 2.17. The van der Waals surface area contributed by atoms with E-state index < -0.39 is 0 Å². The van der Waals surface area contributed by atoms with E-state index >= 15 is 0 Å². The molecular formula is C9H8O2. The maximum Gasteiger partial charge on any atom is 0.150 e. The smallest absolute Gasteiger partial charge is 0.150 e. The molecule has 3 rings (SSSR count). The zero-order chi connectivity index (χ0) is 7.31. The van der Waals surface area contributed by atoms with Crippen molar-refractivity contribution in [2.45, 2.75) is 18.1 Å². The van der Waals surface area contributed by atoms with Crippen LogP contribution in [0.4, 0.5) is 0 Å². The molecule has 11 heavy (non-hydrogen) atoms. The molecular weight excluding hydrogens is 140 g/mol. The first-order valence-corrected chi connectivity index (χ1v) is 3.82. The Morgan fingerprint density at radius 3 is 3.27 bits per heavy atom. The van der Waals surface area contributed by atoms with Gasteiger partial charge in [-0.15, -0.1) is 0 Å². The van der Waals surface area contributed by atoms with Crippen molar-refractivity contribution in [3.05, 3.63) is 36.0 Å². The Hall–Kier alpha value is -0.860. The van der Waals surface area contributed by atoms with Crippen LogP contribution < -0.4 is 0 Å². The third kappa shape index (κ3) is 0.588. The molecule has 1 fully saturated rings. The van der Waals surface area contributed by atoms with E-state index in [0.717, 1.165) is 6.42 Å². The van der Waals surface area contributed by atoms with Crippen LogP contribution in [0.2, 0.25) is 0 Å². The maximum absolute atomic E-state index is 5.24. The van der Waals surface area contributed by atoms with Crippen molar-refractivity contribution in [1.29, 1.82) is 0 Å². The van der Waals surface area contributed by atoms with E-state index in [0.29, 0.717) is 0 Å². The first kappa shape index (κ1) is 5.75. The van der Waals surface area contributed by atoms with Crippen LogP contribution in [0.15, 0.2) is 36.0 Å². The molecule has 1 saturated heterocycles. The molecule has 0 aromatic heterocycles. The molecule has 0 aromatic carbocycles. The van der Waals surface area contributed by atoms with Gasteiger partial charge in [-0.2, -0.15) is 0 Å². The molecule has 2 unspecified atom stereocenters. The van der Waals surface area contributed by atoms with Crippen LogP contribution in [0.3, 0.4) is 0 Å². The van der Waals surface area contributed by atoms with E-state index in [-0.39, 0.29) is 11.7 Å². The number of fused-ring (bicyclic) bond motifs is 1. The molecule has 2 heteroatoms. The minimum Gasteiger partial charge on any atom is -0.228 e. The van der Waals surface area contributed by atoms with E-state index in [1.807, 2.05) is 12.2 Å². The van der Waals surface area contributed by atoms with Gasteiger partial charge in [0.05, 0.1) is 0 Å². The zero-order valence-electron chi connectivity index (χ0n) is 5.99. The van der Waals surface area contributed by atoms with Crippen LogP contribution >= 0.6 is 0 Å². The summed E-state index contributed by atoms with van der Waals surface area (Å²) in [7, 11) is 0. The number of hydrogen-bond acceptors (Lipinski definition) is 2. The summed E-state index contributed by atoms with van der Waals surface area (Å²) < 4.78 is 0. The molecule has 1 spiro atoms. The highest BCUT2D eigenvalue weighted by atomic mass is 17.2. The fourth-order valence-electron chi connectivity index (χ4n) is 1.87. The monoisotopic (exact) mass is 148 g/mol.